The topological polar surface area (TPSA) is 205 Å². The van der Waals surface area contributed by atoms with Gasteiger partial charge in [0.15, 0.2) is 11.6 Å². The van der Waals surface area contributed by atoms with Crippen LogP contribution < -0.4 is 25.6 Å². The van der Waals surface area contributed by atoms with E-state index in [0.29, 0.717) is 68.1 Å². The molecule has 0 saturated heterocycles. The van der Waals surface area contributed by atoms with Gasteiger partial charge in [0, 0.05) is 34.5 Å². The third-order valence-corrected chi connectivity index (χ3v) is 10.3. The van der Waals surface area contributed by atoms with E-state index in [-0.39, 0.29) is 29.3 Å². The first kappa shape index (κ1) is 58.5. The van der Waals surface area contributed by atoms with Gasteiger partial charge in [-0.2, -0.15) is 0 Å². The van der Waals surface area contributed by atoms with E-state index in [1.165, 1.54) is 53.4 Å². The fourth-order valence-electron chi connectivity index (χ4n) is 6.82. The van der Waals surface area contributed by atoms with Crippen LogP contribution in [0.4, 0.5) is 34.5 Å². The monoisotopic (exact) mass is 1020 g/mol. The third kappa shape index (κ3) is 17.9. The first-order valence-corrected chi connectivity index (χ1v) is 23.0. The van der Waals surface area contributed by atoms with Gasteiger partial charge in [-0.1, -0.05) is 66.7 Å². The molecule has 4 N–H and O–H groups in total. The molecular formula is C56H61BF2N2O13. The molecule has 6 aromatic carbocycles. The molecular weight excluding hydrogens is 957 g/mol. The smallest absolute Gasteiger partial charge is 0.496 e. The largest absolute Gasteiger partial charge is 0.508 e. The molecule has 0 aliphatic heterocycles. The molecule has 390 valence electrons. The highest BCUT2D eigenvalue weighted by molar-refractivity contribution is 6.58. The second-order valence-corrected chi connectivity index (χ2v) is 18.4. The van der Waals surface area contributed by atoms with Crippen molar-refractivity contribution in [3.05, 3.63) is 161 Å². The maximum absolute atomic E-state index is 15.6. The summed E-state index contributed by atoms with van der Waals surface area (Å²) in [6.07, 6.45) is -1.63. The van der Waals surface area contributed by atoms with Gasteiger partial charge in [-0.15, -0.1) is 0 Å². The van der Waals surface area contributed by atoms with Crippen molar-refractivity contribution in [2.24, 2.45) is 0 Å². The molecule has 0 spiro atoms. The summed E-state index contributed by atoms with van der Waals surface area (Å²) >= 11 is 0. The summed E-state index contributed by atoms with van der Waals surface area (Å²) in [6, 6.07) is 33.2. The van der Waals surface area contributed by atoms with E-state index < -0.39 is 48.3 Å². The first-order chi connectivity index (χ1) is 34.8. The lowest BCUT2D eigenvalue weighted by Crippen LogP contribution is -2.30. The first-order valence-electron chi connectivity index (χ1n) is 23.0. The quantitative estimate of drug-likeness (QED) is 0.0368. The lowest BCUT2D eigenvalue weighted by Gasteiger charge is -2.19. The Morgan fingerprint density at radius 2 is 0.986 bits per heavy atom. The maximum Gasteiger partial charge on any atom is 0.508 e. The summed E-state index contributed by atoms with van der Waals surface area (Å²) in [4.78, 5) is 57.7. The number of amides is 2. The van der Waals surface area contributed by atoms with Crippen LogP contribution >= 0.6 is 0 Å². The zero-order valence-electron chi connectivity index (χ0n) is 43.2. The molecule has 0 aromatic heterocycles. The number of hydrogen-bond donors (Lipinski definition) is 4. The Balaban J connectivity index is 0.000000254. The molecule has 0 aliphatic carbocycles. The number of ether oxygens (including phenoxy) is 6. The van der Waals surface area contributed by atoms with Gasteiger partial charge in [-0.25, -0.2) is 23.2 Å². The lowest BCUT2D eigenvalue weighted by molar-refractivity contribution is 0.0624. The zero-order chi connectivity index (χ0) is 54.9. The number of ketones is 2. The number of rotatable bonds is 13. The lowest BCUT2D eigenvalue weighted by atomic mass is 9.80. The van der Waals surface area contributed by atoms with Crippen molar-refractivity contribution in [2.75, 3.05) is 32.0 Å². The Morgan fingerprint density at radius 1 is 0.568 bits per heavy atom. The van der Waals surface area contributed by atoms with Crippen molar-refractivity contribution in [1.29, 1.82) is 0 Å². The van der Waals surface area contributed by atoms with E-state index in [2.05, 4.69) is 15.4 Å². The van der Waals surface area contributed by atoms with Gasteiger partial charge in [-0.05, 0) is 138 Å². The highest BCUT2D eigenvalue weighted by atomic mass is 19.1. The molecule has 6 aromatic rings. The second-order valence-electron chi connectivity index (χ2n) is 18.4. The van der Waals surface area contributed by atoms with Crippen molar-refractivity contribution in [1.82, 2.24) is 0 Å². The van der Waals surface area contributed by atoms with Crippen LogP contribution in [0.2, 0.25) is 0 Å². The molecule has 6 rings (SSSR count). The van der Waals surface area contributed by atoms with E-state index in [0.717, 1.165) is 5.56 Å². The Kier molecular flexibility index (Phi) is 21.0. The predicted molar refractivity (Wildman–Crippen MR) is 279 cm³/mol. The minimum atomic E-state index is -1.51. The van der Waals surface area contributed by atoms with Crippen LogP contribution in [0.1, 0.15) is 92.8 Å². The maximum atomic E-state index is 15.6. The average molecular weight is 1020 g/mol. The predicted octanol–water partition coefficient (Wildman–Crippen LogP) is 11.3. The number of carbonyl (C=O) groups is 5. The molecule has 0 atom stereocenters. The SMILES string of the molecule is CC(C)(C)OC(=O)Nc1ccc(B(O)O)cc1.COC(=O)OCc1ccc(OC)c(-c2cccc(C(C)=O)c2)c1F.COc1ccc(Cc2ccc(NC(=O)OC(C)(C)C)cc2)c(F)c1-c1cccc(C(C)=O)c1. The third-order valence-electron chi connectivity index (χ3n) is 10.3. The summed E-state index contributed by atoms with van der Waals surface area (Å²) in [7, 11) is 2.58. The molecule has 0 radical (unpaired) electrons. The zero-order valence-corrected chi connectivity index (χ0v) is 43.2. The van der Waals surface area contributed by atoms with E-state index in [1.54, 1.807) is 133 Å². The van der Waals surface area contributed by atoms with E-state index in [4.69, 9.17) is 33.7 Å². The summed E-state index contributed by atoms with van der Waals surface area (Å²) in [5.41, 5.74) is 4.45. The van der Waals surface area contributed by atoms with Crippen molar-refractivity contribution in [2.45, 2.75) is 79.6 Å². The number of Topliss-reactive ketones (excluding diaryl/α,β-unsaturated/α-hetero) is 2. The normalized spacial score (nSPS) is 10.7. The van der Waals surface area contributed by atoms with E-state index in [9.17, 15) is 28.4 Å². The van der Waals surface area contributed by atoms with Crippen molar-refractivity contribution < 1.29 is 71.2 Å². The van der Waals surface area contributed by atoms with E-state index in [1.807, 2.05) is 12.1 Å². The number of hydrogen-bond acceptors (Lipinski definition) is 13. The second kappa shape index (κ2) is 26.6. The summed E-state index contributed by atoms with van der Waals surface area (Å²) in [5, 5.41) is 23.0. The van der Waals surface area contributed by atoms with Gasteiger partial charge in [0.1, 0.15) is 40.9 Å². The Hall–Kier alpha value is -8.09. The summed E-state index contributed by atoms with van der Waals surface area (Å²) in [6.45, 7) is 13.4. The number of nitrogens with one attached hydrogen (secondary N) is 2. The molecule has 0 aliphatic rings. The summed E-state index contributed by atoms with van der Waals surface area (Å²) in [5.74, 6) is -0.484. The Morgan fingerprint density at radius 3 is 1.38 bits per heavy atom. The van der Waals surface area contributed by atoms with Crippen LogP contribution in [0.5, 0.6) is 11.5 Å². The fraction of sp³-hybridized carbons (Fsp3) is 0.268. The van der Waals surface area contributed by atoms with Crippen molar-refractivity contribution in [3.63, 3.8) is 0 Å². The van der Waals surface area contributed by atoms with Crippen LogP contribution in [-0.4, -0.2) is 79.6 Å². The van der Waals surface area contributed by atoms with Gasteiger partial charge < -0.3 is 38.5 Å². The molecule has 0 fully saturated rings. The Labute approximate surface area is 429 Å². The number of anilines is 2. The highest BCUT2D eigenvalue weighted by Gasteiger charge is 2.21. The van der Waals surface area contributed by atoms with Gasteiger partial charge in [0.05, 0.1) is 32.5 Å². The number of halogens is 2. The molecule has 15 nitrogen and oxygen atoms in total. The van der Waals surface area contributed by atoms with E-state index >= 15 is 4.39 Å². The van der Waals surface area contributed by atoms with Gasteiger partial charge in [-0.3, -0.25) is 20.2 Å². The molecule has 0 heterocycles. The fourth-order valence-corrected chi connectivity index (χ4v) is 6.82. The standard InChI is InChI=1S/C27H28FNO4.C18H17FO5.C11H16BNO4/c1-17(30)19-7-6-8-20(16-19)24-23(32-5)14-11-21(25(24)28)15-18-9-12-22(13-10-18)29-26(31)33-27(2,3)4;1-11(20)12-5-4-6-13(9-12)16-15(22-2)8-7-14(17(16)19)10-24-18(21)23-3;1-11(2,3)17-10(14)13-9-6-4-8(5-7-9)12(15)16/h6-14,16H,15H2,1-5H3,(H,29,31);4-9H,10H2,1-3H3;4-7,15-16H,1-3H3,(H,13,14). The molecule has 2 amide bonds. The van der Waals surface area contributed by atoms with Crippen LogP contribution in [0, 0.1) is 11.6 Å². The minimum absolute atomic E-state index is 0.0903. The van der Waals surface area contributed by atoms with Crippen LogP contribution in [0.15, 0.2) is 121 Å². The minimum Gasteiger partial charge on any atom is -0.496 e. The highest BCUT2D eigenvalue weighted by Crippen LogP contribution is 2.37. The molecule has 0 unspecified atom stereocenters. The summed E-state index contributed by atoms with van der Waals surface area (Å²) < 4.78 is 60.6. The van der Waals surface area contributed by atoms with Gasteiger partial charge >= 0.3 is 25.5 Å². The van der Waals surface area contributed by atoms with Crippen LogP contribution in [-0.2, 0) is 32.0 Å². The average Bonchev–Trinajstić information content (AvgIpc) is 3.33. The van der Waals surface area contributed by atoms with Gasteiger partial charge in [0.25, 0.3) is 0 Å². The van der Waals surface area contributed by atoms with Crippen LogP contribution in [0.25, 0.3) is 22.3 Å². The van der Waals surface area contributed by atoms with Crippen LogP contribution in [0.3, 0.4) is 0 Å². The number of carbonyl (C=O) groups excluding carboxylic acids is 5. The Bertz CT molecular complexity index is 2920. The number of benzene rings is 6. The molecule has 18 heteroatoms. The van der Waals surface area contributed by atoms with Gasteiger partial charge in [0.2, 0.25) is 0 Å². The van der Waals surface area contributed by atoms with Crippen molar-refractivity contribution >= 4 is 53.9 Å². The molecule has 0 saturated carbocycles. The molecule has 0 bridgehead atoms. The van der Waals surface area contributed by atoms with Crippen molar-refractivity contribution in [3.8, 4) is 33.8 Å². The number of methoxy groups -OCH3 is 3. The molecule has 74 heavy (non-hydrogen) atoms.